The van der Waals surface area contributed by atoms with E-state index in [1.807, 2.05) is 36.4 Å². The van der Waals surface area contributed by atoms with Crippen LogP contribution in [0.25, 0.3) is 34.0 Å². The van der Waals surface area contributed by atoms with Crippen molar-refractivity contribution in [2.45, 2.75) is 0 Å². The van der Waals surface area contributed by atoms with Crippen molar-refractivity contribution in [3.8, 4) is 0 Å². The first-order valence-electron chi connectivity index (χ1n) is 9.80. The van der Waals surface area contributed by atoms with Crippen LogP contribution in [0.3, 0.4) is 0 Å². The van der Waals surface area contributed by atoms with Crippen molar-refractivity contribution >= 4 is 34.0 Å². The van der Waals surface area contributed by atoms with Crippen molar-refractivity contribution in [2.24, 2.45) is 0 Å². The van der Waals surface area contributed by atoms with Crippen LogP contribution in [0.2, 0.25) is 0 Å². The van der Waals surface area contributed by atoms with Gasteiger partial charge in [-0.05, 0) is 23.3 Å². The quantitative estimate of drug-likeness (QED) is 0.311. The largest absolute Gasteiger partial charge is 0.355 e. The first-order valence-corrected chi connectivity index (χ1v) is 9.80. The van der Waals surface area contributed by atoms with E-state index in [0.29, 0.717) is 0 Å². The average molecular weight is 373 g/mol. The molecule has 4 aromatic carbocycles. The molecule has 0 atom stereocenters. The molecule has 0 spiro atoms. The molecule has 0 saturated carbocycles. The van der Waals surface area contributed by atoms with E-state index in [1.165, 1.54) is 32.9 Å². The van der Waals surface area contributed by atoms with E-state index < -0.39 is 0 Å². The smallest absolute Gasteiger partial charge is 0.0464 e. The van der Waals surface area contributed by atoms with Gasteiger partial charge < -0.3 is 4.98 Å². The Morgan fingerprint density at radius 2 is 0.793 bits per heavy atom. The van der Waals surface area contributed by atoms with Crippen LogP contribution in [0, 0.1) is 0 Å². The van der Waals surface area contributed by atoms with Crippen LogP contribution in [-0.4, -0.2) is 4.98 Å². The highest BCUT2D eigenvalue weighted by Gasteiger charge is 2.00. The van der Waals surface area contributed by atoms with Crippen molar-refractivity contribution in [1.29, 1.82) is 0 Å². The molecule has 1 N–H and O–H groups in total. The minimum absolute atomic E-state index is 1.21. The summed E-state index contributed by atoms with van der Waals surface area (Å²) < 4.78 is 0. The van der Waals surface area contributed by atoms with Gasteiger partial charge in [-0.25, -0.2) is 0 Å². The third-order valence-corrected chi connectivity index (χ3v) is 4.70. The normalized spacial score (nSPS) is 11.2. The Morgan fingerprint density at radius 1 is 0.414 bits per heavy atom. The number of rotatable bonds is 3. The number of benzene rings is 4. The van der Waals surface area contributed by atoms with E-state index in [-0.39, 0.29) is 0 Å². The molecular weight excluding hydrogens is 350 g/mol. The van der Waals surface area contributed by atoms with Gasteiger partial charge in [0.1, 0.15) is 0 Å². The van der Waals surface area contributed by atoms with Crippen LogP contribution in [0.1, 0.15) is 11.1 Å². The zero-order valence-electron chi connectivity index (χ0n) is 16.2. The minimum Gasteiger partial charge on any atom is -0.355 e. The van der Waals surface area contributed by atoms with Crippen LogP contribution in [-0.2, 0) is 0 Å². The zero-order chi connectivity index (χ0) is 19.7. The molecule has 0 aliphatic carbocycles. The fourth-order valence-corrected chi connectivity index (χ4v) is 3.26. The van der Waals surface area contributed by atoms with Gasteiger partial charge in [0, 0.05) is 21.8 Å². The van der Waals surface area contributed by atoms with Crippen molar-refractivity contribution in [3.63, 3.8) is 0 Å². The molecule has 0 radical (unpaired) electrons. The lowest BCUT2D eigenvalue weighted by Gasteiger charge is -1.90. The number of fused-ring (bicyclic) bond motifs is 3. The van der Waals surface area contributed by atoms with E-state index in [9.17, 15) is 0 Å². The van der Waals surface area contributed by atoms with Gasteiger partial charge in [-0.1, -0.05) is 121 Å². The monoisotopic (exact) mass is 373 g/mol. The molecule has 1 heterocycles. The highest BCUT2D eigenvalue weighted by molar-refractivity contribution is 6.06. The number of allylic oxidation sites excluding steroid dienone is 2. The molecule has 5 rings (SSSR count). The van der Waals surface area contributed by atoms with Gasteiger partial charge in [0.25, 0.3) is 0 Å². The summed E-state index contributed by atoms with van der Waals surface area (Å²) in [6, 6.07) is 37.3. The van der Waals surface area contributed by atoms with Crippen LogP contribution in [0.5, 0.6) is 0 Å². The molecule has 1 nitrogen and oxygen atoms in total. The Bertz CT molecular complexity index is 1130. The second-order valence-corrected chi connectivity index (χ2v) is 6.76. The second kappa shape index (κ2) is 9.38. The van der Waals surface area contributed by atoms with Crippen molar-refractivity contribution in [3.05, 3.63) is 132 Å². The number of aromatic amines is 1. The SMILES string of the molecule is C(/C=C/c1ccccc1)=C\c1ccccc1.c1ccc2c(c1)[nH]c1ccccc12. The Morgan fingerprint density at radius 3 is 1.24 bits per heavy atom. The topological polar surface area (TPSA) is 15.8 Å². The van der Waals surface area contributed by atoms with Crippen molar-refractivity contribution in [2.75, 3.05) is 0 Å². The van der Waals surface area contributed by atoms with E-state index in [1.54, 1.807) is 0 Å². The number of hydrogen-bond acceptors (Lipinski definition) is 0. The maximum atomic E-state index is 3.38. The zero-order valence-corrected chi connectivity index (χ0v) is 16.2. The van der Waals surface area contributed by atoms with Gasteiger partial charge in [0.05, 0.1) is 0 Å². The molecule has 0 amide bonds. The van der Waals surface area contributed by atoms with Gasteiger partial charge in [0.15, 0.2) is 0 Å². The maximum Gasteiger partial charge on any atom is 0.0464 e. The van der Waals surface area contributed by atoms with Crippen LogP contribution in [0.4, 0.5) is 0 Å². The summed E-state index contributed by atoms with van der Waals surface area (Å²) in [4.78, 5) is 3.38. The predicted molar refractivity (Wildman–Crippen MR) is 127 cm³/mol. The Hall–Kier alpha value is -3.84. The molecule has 140 valence electrons. The molecule has 0 fully saturated rings. The summed E-state index contributed by atoms with van der Waals surface area (Å²) in [5.41, 5.74) is 4.87. The van der Waals surface area contributed by atoms with Gasteiger partial charge in [-0.3, -0.25) is 0 Å². The molecule has 29 heavy (non-hydrogen) atoms. The molecular formula is C28H23N. The first-order chi connectivity index (χ1) is 14.4. The molecule has 0 unspecified atom stereocenters. The third-order valence-electron chi connectivity index (χ3n) is 4.70. The number of nitrogens with one attached hydrogen (secondary N) is 1. The minimum atomic E-state index is 1.21. The number of hydrogen-bond donors (Lipinski definition) is 1. The molecule has 0 aliphatic rings. The van der Waals surface area contributed by atoms with Crippen molar-refractivity contribution in [1.82, 2.24) is 4.98 Å². The highest BCUT2D eigenvalue weighted by Crippen LogP contribution is 2.24. The molecule has 1 aromatic heterocycles. The Labute approximate surface area is 171 Å². The number of aromatic nitrogens is 1. The molecule has 0 aliphatic heterocycles. The van der Waals surface area contributed by atoms with E-state index in [2.05, 4.69) is 102 Å². The average Bonchev–Trinajstić information content (AvgIpc) is 3.17. The summed E-state index contributed by atoms with van der Waals surface area (Å²) in [6.07, 6.45) is 8.31. The first kappa shape index (κ1) is 18.5. The van der Waals surface area contributed by atoms with Crippen LogP contribution in [0.15, 0.2) is 121 Å². The molecule has 0 saturated heterocycles. The van der Waals surface area contributed by atoms with Gasteiger partial charge in [-0.2, -0.15) is 0 Å². The second-order valence-electron chi connectivity index (χ2n) is 6.76. The number of para-hydroxylation sites is 2. The maximum absolute atomic E-state index is 3.38. The highest BCUT2D eigenvalue weighted by atomic mass is 14.7. The van der Waals surface area contributed by atoms with Crippen LogP contribution < -0.4 is 0 Å². The fraction of sp³-hybridized carbons (Fsp3) is 0. The Balaban J connectivity index is 0.000000144. The molecule has 0 bridgehead atoms. The summed E-state index contributed by atoms with van der Waals surface area (Å²) in [7, 11) is 0. The standard InChI is InChI=1S/C16H14.C12H9N/c1-3-9-15(10-4-1)13-7-8-14-16-11-5-2-6-12-16;1-3-7-11-9(5-1)10-6-2-4-8-12(10)13-11/h1-14H;1-8,13H/b13-7+,14-8+;. The lowest BCUT2D eigenvalue weighted by Crippen LogP contribution is -1.68. The fourth-order valence-electron chi connectivity index (χ4n) is 3.26. The van der Waals surface area contributed by atoms with E-state index in [0.717, 1.165) is 0 Å². The molecule has 1 heteroatoms. The summed E-state index contributed by atoms with van der Waals surface area (Å²) in [6.45, 7) is 0. The van der Waals surface area contributed by atoms with E-state index >= 15 is 0 Å². The van der Waals surface area contributed by atoms with Gasteiger partial charge in [-0.15, -0.1) is 0 Å². The van der Waals surface area contributed by atoms with E-state index in [4.69, 9.17) is 0 Å². The Kier molecular flexibility index (Phi) is 5.99. The predicted octanol–water partition coefficient (Wildman–Crippen LogP) is 7.73. The summed E-state index contributed by atoms with van der Waals surface area (Å²) in [5.74, 6) is 0. The molecule has 5 aromatic rings. The summed E-state index contributed by atoms with van der Waals surface area (Å²) in [5, 5.41) is 2.61. The number of H-pyrrole nitrogens is 1. The van der Waals surface area contributed by atoms with Gasteiger partial charge in [0.2, 0.25) is 0 Å². The van der Waals surface area contributed by atoms with Gasteiger partial charge >= 0.3 is 0 Å². The van der Waals surface area contributed by atoms with Crippen LogP contribution >= 0.6 is 0 Å². The summed E-state index contributed by atoms with van der Waals surface area (Å²) >= 11 is 0. The third kappa shape index (κ3) is 4.91. The van der Waals surface area contributed by atoms with Crippen molar-refractivity contribution < 1.29 is 0 Å². The lowest BCUT2D eigenvalue weighted by atomic mass is 10.2. The lowest BCUT2D eigenvalue weighted by molar-refractivity contribution is 1.55.